The van der Waals surface area contributed by atoms with Crippen molar-refractivity contribution in [2.45, 2.75) is 0 Å². The fraction of sp³-hybridized carbons (Fsp3) is 0. The molecule has 0 aliphatic carbocycles. The summed E-state index contributed by atoms with van der Waals surface area (Å²) in [5.41, 5.74) is 1.78. The summed E-state index contributed by atoms with van der Waals surface area (Å²) < 4.78 is 0. The molecule has 0 saturated heterocycles. The Kier molecular flexibility index (Phi) is 3.43. The molecule has 0 bridgehead atoms. The molecule has 3 rings (SSSR count). The average molecular weight is 276 g/mol. The van der Waals surface area contributed by atoms with E-state index in [1.54, 1.807) is 18.3 Å². The van der Waals surface area contributed by atoms with Gasteiger partial charge in [0.1, 0.15) is 0 Å². The fourth-order valence-corrected chi connectivity index (χ4v) is 2.17. The van der Waals surface area contributed by atoms with Crippen LogP contribution in [0.1, 0.15) is 5.56 Å². The van der Waals surface area contributed by atoms with Crippen molar-refractivity contribution in [3.05, 3.63) is 82.4 Å². The summed E-state index contributed by atoms with van der Waals surface area (Å²) in [4.78, 5) is 14.6. The first-order valence-corrected chi connectivity index (χ1v) is 6.50. The second-order valence-electron chi connectivity index (χ2n) is 4.60. The van der Waals surface area contributed by atoms with Crippen molar-refractivity contribution < 1.29 is 4.92 Å². The third-order valence-corrected chi connectivity index (χ3v) is 3.24. The van der Waals surface area contributed by atoms with Gasteiger partial charge in [-0.3, -0.25) is 15.1 Å². The van der Waals surface area contributed by atoms with Crippen LogP contribution in [0.5, 0.6) is 0 Å². The summed E-state index contributed by atoms with van der Waals surface area (Å²) in [5, 5.41) is 12.9. The van der Waals surface area contributed by atoms with E-state index in [2.05, 4.69) is 17.1 Å². The lowest BCUT2D eigenvalue weighted by Gasteiger charge is -2.01. The van der Waals surface area contributed by atoms with Crippen LogP contribution in [0.3, 0.4) is 0 Å². The Morgan fingerprint density at radius 1 is 0.905 bits per heavy atom. The fourth-order valence-electron chi connectivity index (χ4n) is 2.17. The van der Waals surface area contributed by atoms with Gasteiger partial charge >= 0.3 is 0 Å². The van der Waals surface area contributed by atoms with Crippen molar-refractivity contribution >= 4 is 28.4 Å². The standard InChI is InChI=1S/C17H12N2O2/c20-19(21)16-10-8-15(9-11-16)18-12-14-6-3-5-13-4-1-2-7-17(13)14/h1-12H. The number of aliphatic imine (C=N–C) groups is 1. The van der Waals surface area contributed by atoms with E-state index in [9.17, 15) is 10.1 Å². The van der Waals surface area contributed by atoms with Crippen molar-refractivity contribution in [3.63, 3.8) is 0 Å². The minimum absolute atomic E-state index is 0.0686. The minimum Gasteiger partial charge on any atom is -0.258 e. The molecule has 3 aromatic carbocycles. The van der Waals surface area contributed by atoms with Gasteiger partial charge in [0.25, 0.3) is 5.69 Å². The minimum atomic E-state index is -0.418. The third kappa shape index (κ3) is 2.79. The third-order valence-electron chi connectivity index (χ3n) is 3.24. The van der Waals surface area contributed by atoms with Gasteiger partial charge in [-0.15, -0.1) is 0 Å². The molecule has 0 aliphatic rings. The Morgan fingerprint density at radius 3 is 2.38 bits per heavy atom. The topological polar surface area (TPSA) is 55.5 Å². The second kappa shape index (κ2) is 5.54. The molecule has 0 aromatic heterocycles. The average Bonchev–Trinajstić information content (AvgIpc) is 2.53. The molecule has 0 fully saturated rings. The van der Waals surface area contributed by atoms with Gasteiger partial charge in [0, 0.05) is 23.9 Å². The van der Waals surface area contributed by atoms with Crippen LogP contribution >= 0.6 is 0 Å². The van der Waals surface area contributed by atoms with Crippen molar-refractivity contribution in [3.8, 4) is 0 Å². The number of hydrogen-bond donors (Lipinski definition) is 0. The predicted molar refractivity (Wildman–Crippen MR) is 84.3 cm³/mol. The molecular weight excluding hydrogens is 264 g/mol. The summed E-state index contributed by atoms with van der Waals surface area (Å²) in [6.07, 6.45) is 1.78. The molecule has 0 unspecified atom stereocenters. The van der Waals surface area contributed by atoms with Crippen LogP contribution in [0.4, 0.5) is 11.4 Å². The van der Waals surface area contributed by atoms with Crippen LogP contribution in [-0.2, 0) is 0 Å². The van der Waals surface area contributed by atoms with Crippen molar-refractivity contribution in [1.82, 2.24) is 0 Å². The van der Waals surface area contributed by atoms with E-state index in [1.165, 1.54) is 12.1 Å². The quantitative estimate of drug-likeness (QED) is 0.402. The number of hydrogen-bond acceptors (Lipinski definition) is 3. The van der Waals surface area contributed by atoms with Crippen molar-refractivity contribution in [2.75, 3.05) is 0 Å². The number of non-ortho nitro benzene ring substituents is 1. The molecule has 0 N–H and O–H groups in total. The first-order chi connectivity index (χ1) is 10.2. The Hall–Kier alpha value is -3.01. The van der Waals surface area contributed by atoms with Gasteiger partial charge in [-0.2, -0.15) is 0 Å². The van der Waals surface area contributed by atoms with Gasteiger partial charge in [-0.05, 0) is 22.9 Å². The normalized spacial score (nSPS) is 11.0. The highest BCUT2D eigenvalue weighted by Gasteiger charge is 2.03. The Morgan fingerprint density at radius 2 is 1.62 bits per heavy atom. The molecule has 0 radical (unpaired) electrons. The van der Waals surface area contributed by atoms with E-state index in [-0.39, 0.29) is 5.69 Å². The number of rotatable bonds is 3. The number of nitro benzene ring substituents is 1. The highest BCUT2D eigenvalue weighted by molar-refractivity contribution is 6.00. The number of benzene rings is 3. The molecule has 0 heterocycles. The smallest absolute Gasteiger partial charge is 0.258 e. The molecular formula is C17H12N2O2. The first-order valence-electron chi connectivity index (χ1n) is 6.50. The lowest BCUT2D eigenvalue weighted by Crippen LogP contribution is -1.86. The molecule has 0 aliphatic heterocycles. The van der Waals surface area contributed by atoms with E-state index in [0.717, 1.165) is 16.3 Å². The van der Waals surface area contributed by atoms with Gasteiger partial charge in [0.15, 0.2) is 0 Å². The predicted octanol–water partition coefficient (Wildman–Crippen LogP) is 4.50. The zero-order chi connectivity index (χ0) is 14.7. The largest absolute Gasteiger partial charge is 0.269 e. The van der Waals surface area contributed by atoms with Gasteiger partial charge < -0.3 is 0 Å². The molecule has 0 atom stereocenters. The summed E-state index contributed by atoms with van der Waals surface area (Å²) in [7, 11) is 0. The van der Waals surface area contributed by atoms with Crippen LogP contribution in [0.2, 0.25) is 0 Å². The van der Waals surface area contributed by atoms with Gasteiger partial charge in [-0.1, -0.05) is 42.5 Å². The molecule has 4 nitrogen and oxygen atoms in total. The van der Waals surface area contributed by atoms with Crippen LogP contribution < -0.4 is 0 Å². The molecule has 102 valence electrons. The van der Waals surface area contributed by atoms with Crippen LogP contribution in [0.25, 0.3) is 10.8 Å². The molecule has 3 aromatic rings. The lowest BCUT2D eigenvalue weighted by molar-refractivity contribution is -0.384. The molecule has 0 amide bonds. The maximum Gasteiger partial charge on any atom is 0.269 e. The van der Waals surface area contributed by atoms with E-state index in [0.29, 0.717) is 5.69 Å². The summed E-state index contributed by atoms with van der Waals surface area (Å²) >= 11 is 0. The van der Waals surface area contributed by atoms with E-state index < -0.39 is 4.92 Å². The van der Waals surface area contributed by atoms with Gasteiger partial charge in [0.05, 0.1) is 10.6 Å². The number of nitro groups is 1. The van der Waals surface area contributed by atoms with Gasteiger partial charge in [-0.25, -0.2) is 0 Å². The molecule has 21 heavy (non-hydrogen) atoms. The number of fused-ring (bicyclic) bond motifs is 1. The summed E-state index contributed by atoms with van der Waals surface area (Å²) in [5.74, 6) is 0. The highest BCUT2D eigenvalue weighted by atomic mass is 16.6. The summed E-state index contributed by atoms with van der Waals surface area (Å²) in [6.45, 7) is 0. The molecule has 4 heteroatoms. The van der Waals surface area contributed by atoms with Crippen molar-refractivity contribution in [1.29, 1.82) is 0 Å². The first kappa shape index (κ1) is 13.0. The zero-order valence-corrected chi connectivity index (χ0v) is 11.1. The van der Waals surface area contributed by atoms with Crippen LogP contribution in [-0.4, -0.2) is 11.1 Å². The second-order valence-corrected chi connectivity index (χ2v) is 4.60. The van der Waals surface area contributed by atoms with E-state index >= 15 is 0 Å². The van der Waals surface area contributed by atoms with Gasteiger partial charge in [0.2, 0.25) is 0 Å². The van der Waals surface area contributed by atoms with E-state index in [1.807, 2.05) is 30.3 Å². The number of nitrogens with zero attached hydrogens (tertiary/aromatic N) is 2. The SMILES string of the molecule is O=[N+]([O-])c1ccc(N=Cc2cccc3ccccc23)cc1. The van der Waals surface area contributed by atoms with Crippen LogP contribution in [0.15, 0.2) is 71.7 Å². The summed E-state index contributed by atoms with van der Waals surface area (Å²) in [6, 6.07) is 20.3. The van der Waals surface area contributed by atoms with E-state index in [4.69, 9.17) is 0 Å². The van der Waals surface area contributed by atoms with Crippen molar-refractivity contribution in [2.24, 2.45) is 4.99 Å². The van der Waals surface area contributed by atoms with Crippen LogP contribution in [0, 0.1) is 10.1 Å². The Labute approximate surface area is 121 Å². The maximum atomic E-state index is 10.6. The monoisotopic (exact) mass is 276 g/mol. The lowest BCUT2D eigenvalue weighted by atomic mass is 10.1. The molecule has 0 spiro atoms. The molecule has 0 saturated carbocycles. The maximum absolute atomic E-state index is 10.6. The Bertz CT molecular complexity index is 818. The highest BCUT2D eigenvalue weighted by Crippen LogP contribution is 2.20. The zero-order valence-electron chi connectivity index (χ0n) is 11.1. The Balaban J connectivity index is 1.92.